The molecule has 4 unspecified atom stereocenters. The molecule has 0 aromatic rings. The quantitative estimate of drug-likeness (QED) is 0.757. The summed E-state index contributed by atoms with van der Waals surface area (Å²) in [5.41, 5.74) is 0.375. The summed E-state index contributed by atoms with van der Waals surface area (Å²) in [5.74, 6) is 1.32. The third-order valence-electron chi connectivity index (χ3n) is 5.16. The van der Waals surface area contributed by atoms with Gasteiger partial charge in [-0.15, -0.1) is 0 Å². The van der Waals surface area contributed by atoms with E-state index in [0.29, 0.717) is 11.3 Å². The molecule has 2 fully saturated rings. The van der Waals surface area contributed by atoms with Crippen molar-refractivity contribution in [3.8, 4) is 0 Å². The Kier molecular flexibility index (Phi) is 4.68. The number of likely N-dealkylation sites (tertiary alicyclic amines) is 1. The second-order valence-electron chi connectivity index (χ2n) is 6.71. The van der Waals surface area contributed by atoms with Gasteiger partial charge in [-0.3, -0.25) is 0 Å². The first kappa shape index (κ1) is 14.3. The Labute approximate surface area is 112 Å². The second kappa shape index (κ2) is 5.89. The average Bonchev–Trinajstić information content (AvgIpc) is 2.89. The third-order valence-corrected chi connectivity index (χ3v) is 5.16. The maximum Gasteiger partial charge on any atom is 0.0583 e. The van der Waals surface area contributed by atoms with Gasteiger partial charge in [-0.25, -0.2) is 0 Å². The third kappa shape index (κ3) is 3.06. The lowest BCUT2D eigenvalue weighted by molar-refractivity contribution is 0.114. The lowest BCUT2D eigenvalue weighted by atomic mass is 9.86. The Morgan fingerprint density at radius 3 is 2.67 bits per heavy atom. The van der Waals surface area contributed by atoms with E-state index < -0.39 is 0 Å². The van der Waals surface area contributed by atoms with E-state index in [-0.39, 0.29) is 6.10 Å². The number of aliphatic hydroxyl groups excluding tert-OH is 1. The van der Waals surface area contributed by atoms with Crippen LogP contribution in [0.1, 0.15) is 40.0 Å². The van der Waals surface area contributed by atoms with E-state index in [1.54, 1.807) is 0 Å². The van der Waals surface area contributed by atoms with Crippen molar-refractivity contribution >= 4 is 0 Å². The van der Waals surface area contributed by atoms with Crippen molar-refractivity contribution in [1.82, 2.24) is 10.2 Å². The second-order valence-corrected chi connectivity index (χ2v) is 6.71. The van der Waals surface area contributed by atoms with Gasteiger partial charge in [0.15, 0.2) is 0 Å². The van der Waals surface area contributed by atoms with Gasteiger partial charge in [0.05, 0.1) is 6.10 Å². The number of aliphatic hydroxyl groups is 1. The standard InChI is InChI=1S/C15H30N2O/c1-4-15(3,10-16-5-2)11-17-8-12-6-7-14(18)13(12)9-17/h12-14,16,18H,4-11H2,1-3H3. The predicted octanol–water partition coefficient (Wildman–Crippen LogP) is 1.71. The van der Waals surface area contributed by atoms with Gasteiger partial charge in [0, 0.05) is 32.1 Å². The first-order valence-electron chi connectivity index (χ1n) is 7.69. The summed E-state index contributed by atoms with van der Waals surface area (Å²) in [7, 11) is 0. The van der Waals surface area contributed by atoms with Crippen LogP contribution in [0.5, 0.6) is 0 Å². The molecule has 1 saturated heterocycles. The van der Waals surface area contributed by atoms with Crippen molar-refractivity contribution in [3.05, 3.63) is 0 Å². The molecule has 3 heteroatoms. The van der Waals surface area contributed by atoms with Gasteiger partial charge in [0.25, 0.3) is 0 Å². The van der Waals surface area contributed by atoms with Crippen LogP contribution in [-0.2, 0) is 0 Å². The Morgan fingerprint density at radius 2 is 2.06 bits per heavy atom. The largest absolute Gasteiger partial charge is 0.393 e. The van der Waals surface area contributed by atoms with E-state index >= 15 is 0 Å². The first-order valence-corrected chi connectivity index (χ1v) is 7.69. The molecule has 0 bridgehead atoms. The highest BCUT2D eigenvalue weighted by molar-refractivity contribution is 4.95. The molecule has 2 N–H and O–H groups in total. The molecule has 1 heterocycles. The van der Waals surface area contributed by atoms with Gasteiger partial charge < -0.3 is 15.3 Å². The number of nitrogens with one attached hydrogen (secondary N) is 1. The zero-order valence-electron chi connectivity index (χ0n) is 12.3. The monoisotopic (exact) mass is 254 g/mol. The number of hydrogen-bond acceptors (Lipinski definition) is 3. The van der Waals surface area contributed by atoms with Crippen molar-refractivity contribution in [1.29, 1.82) is 0 Å². The van der Waals surface area contributed by atoms with E-state index in [1.165, 1.54) is 25.9 Å². The van der Waals surface area contributed by atoms with Crippen LogP contribution >= 0.6 is 0 Å². The van der Waals surface area contributed by atoms with Crippen LogP contribution in [0.2, 0.25) is 0 Å². The molecule has 0 aromatic carbocycles. The van der Waals surface area contributed by atoms with Crippen molar-refractivity contribution in [2.75, 3.05) is 32.7 Å². The van der Waals surface area contributed by atoms with E-state index in [1.807, 2.05) is 0 Å². The molecule has 0 spiro atoms. The smallest absolute Gasteiger partial charge is 0.0583 e. The van der Waals surface area contributed by atoms with Crippen molar-refractivity contribution in [2.45, 2.75) is 46.1 Å². The minimum absolute atomic E-state index is 0.0263. The number of fused-ring (bicyclic) bond motifs is 1. The van der Waals surface area contributed by atoms with Crippen molar-refractivity contribution in [3.63, 3.8) is 0 Å². The van der Waals surface area contributed by atoms with Gasteiger partial charge in [-0.05, 0) is 37.1 Å². The van der Waals surface area contributed by atoms with Crippen molar-refractivity contribution in [2.24, 2.45) is 17.3 Å². The summed E-state index contributed by atoms with van der Waals surface area (Å²) >= 11 is 0. The van der Waals surface area contributed by atoms with Gasteiger partial charge >= 0.3 is 0 Å². The Morgan fingerprint density at radius 1 is 1.28 bits per heavy atom. The molecule has 0 aromatic heterocycles. The van der Waals surface area contributed by atoms with Gasteiger partial charge in [-0.1, -0.05) is 20.8 Å². The molecular weight excluding hydrogens is 224 g/mol. The van der Waals surface area contributed by atoms with Crippen LogP contribution < -0.4 is 5.32 Å². The van der Waals surface area contributed by atoms with E-state index in [4.69, 9.17) is 0 Å². The van der Waals surface area contributed by atoms with Crippen LogP contribution in [-0.4, -0.2) is 48.8 Å². The van der Waals surface area contributed by atoms with Gasteiger partial charge in [0.1, 0.15) is 0 Å². The van der Waals surface area contributed by atoms with Gasteiger partial charge in [-0.2, -0.15) is 0 Å². The minimum Gasteiger partial charge on any atom is -0.393 e. The first-order chi connectivity index (χ1) is 8.58. The molecular formula is C15H30N2O. The highest BCUT2D eigenvalue weighted by Crippen LogP contribution is 2.39. The number of nitrogens with zero attached hydrogens (tertiary/aromatic N) is 1. The molecule has 0 amide bonds. The van der Waals surface area contributed by atoms with Crippen molar-refractivity contribution < 1.29 is 5.11 Å². The minimum atomic E-state index is -0.0263. The Bertz CT molecular complexity index is 271. The molecule has 2 aliphatic rings. The summed E-state index contributed by atoms with van der Waals surface area (Å²) in [6, 6.07) is 0. The molecule has 4 atom stereocenters. The molecule has 106 valence electrons. The van der Waals surface area contributed by atoms with E-state index in [9.17, 15) is 5.11 Å². The highest BCUT2D eigenvalue weighted by Gasteiger charge is 2.42. The summed E-state index contributed by atoms with van der Waals surface area (Å²) in [6.45, 7) is 12.5. The fraction of sp³-hybridized carbons (Fsp3) is 1.00. The molecule has 18 heavy (non-hydrogen) atoms. The van der Waals surface area contributed by atoms with Gasteiger partial charge in [0.2, 0.25) is 0 Å². The summed E-state index contributed by atoms with van der Waals surface area (Å²) in [4.78, 5) is 2.60. The van der Waals surface area contributed by atoms with Crippen LogP contribution in [0.25, 0.3) is 0 Å². The average molecular weight is 254 g/mol. The summed E-state index contributed by atoms with van der Waals surface area (Å²) in [6.07, 6.45) is 3.46. The van der Waals surface area contributed by atoms with Crippen LogP contribution in [0.4, 0.5) is 0 Å². The maximum absolute atomic E-state index is 9.98. The topological polar surface area (TPSA) is 35.5 Å². The molecule has 1 aliphatic heterocycles. The Balaban J connectivity index is 1.86. The molecule has 3 nitrogen and oxygen atoms in total. The van der Waals surface area contributed by atoms with Crippen LogP contribution in [0, 0.1) is 17.3 Å². The SMILES string of the molecule is CCNCC(C)(CC)CN1CC2CCC(O)C2C1. The normalized spacial score (nSPS) is 35.7. The van der Waals surface area contributed by atoms with Crippen LogP contribution in [0.3, 0.4) is 0 Å². The molecule has 1 saturated carbocycles. The zero-order chi connectivity index (χ0) is 13.2. The van der Waals surface area contributed by atoms with Crippen LogP contribution in [0.15, 0.2) is 0 Å². The number of rotatable bonds is 6. The zero-order valence-corrected chi connectivity index (χ0v) is 12.3. The Hall–Kier alpha value is -0.120. The molecule has 0 radical (unpaired) electrons. The predicted molar refractivity (Wildman–Crippen MR) is 75.6 cm³/mol. The lowest BCUT2D eigenvalue weighted by Crippen LogP contribution is -2.41. The fourth-order valence-corrected chi connectivity index (χ4v) is 3.72. The number of hydrogen-bond donors (Lipinski definition) is 2. The highest BCUT2D eigenvalue weighted by atomic mass is 16.3. The maximum atomic E-state index is 9.98. The molecule has 2 rings (SSSR count). The molecule has 1 aliphatic carbocycles. The lowest BCUT2D eigenvalue weighted by Gasteiger charge is -2.33. The summed E-state index contributed by atoms with van der Waals surface area (Å²) in [5, 5.41) is 13.5. The fourth-order valence-electron chi connectivity index (χ4n) is 3.72. The van der Waals surface area contributed by atoms with E-state index in [0.717, 1.165) is 32.0 Å². The van der Waals surface area contributed by atoms with E-state index in [2.05, 4.69) is 31.0 Å². The summed E-state index contributed by atoms with van der Waals surface area (Å²) < 4.78 is 0.